The van der Waals surface area contributed by atoms with Crippen LogP contribution in [0.5, 0.6) is 0 Å². The molecule has 4 rings (SSSR count). The number of hydrazine groups is 1. The lowest BCUT2D eigenvalue weighted by molar-refractivity contribution is 0.0277. The molecule has 126 valence electrons. The van der Waals surface area contributed by atoms with Gasteiger partial charge in [0, 0.05) is 31.4 Å². The zero-order chi connectivity index (χ0) is 16.4. The smallest absolute Gasteiger partial charge is 0.129 e. The predicted molar refractivity (Wildman–Crippen MR) is 93.6 cm³/mol. The van der Waals surface area contributed by atoms with Crippen LogP contribution in [0.15, 0.2) is 42.6 Å². The van der Waals surface area contributed by atoms with Crippen molar-refractivity contribution < 1.29 is 4.74 Å². The summed E-state index contributed by atoms with van der Waals surface area (Å²) in [6, 6.07) is 13.1. The van der Waals surface area contributed by atoms with Crippen molar-refractivity contribution in [3.63, 3.8) is 0 Å². The van der Waals surface area contributed by atoms with Gasteiger partial charge in [0.25, 0.3) is 0 Å². The summed E-state index contributed by atoms with van der Waals surface area (Å²) in [5.41, 5.74) is 10.4. The first kappa shape index (κ1) is 16.0. The molecule has 5 nitrogen and oxygen atoms in total. The van der Waals surface area contributed by atoms with Gasteiger partial charge in [-0.25, -0.2) is 15.8 Å². The third kappa shape index (κ3) is 3.45. The molecule has 3 atom stereocenters. The van der Waals surface area contributed by atoms with E-state index >= 15 is 0 Å². The first-order valence-electron chi connectivity index (χ1n) is 8.34. The van der Waals surface area contributed by atoms with E-state index in [9.17, 15) is 0 Å². The lowest BCUT2D eigenvalue weighted by Gasteiger charge is -2.24. The van der Waals surface area contributed by atoms with Crippen LogP contribution in [0.1, 0.15) is 41.3 Å². The molecule has 1 aromatic heterocycles. The molecule has 2 aromatic rings. The summed E-state index contributed by atoms with van der Waals surface area (Å²) in [5, 5.41) is 3.89. The van der Waals surface area contributed by atoms with Gasteiger partial charge in [0.15, 0.2) is 0 Å². The minimum atomic E-state index is 0.162. The van der Waals surface area contributed by atoms with Crippen LogP contribution < -0.4 is 16.2 Å². The highest BCUT2D eigenvalue weighted by atomic mass is 35.5. The van der Waals surface area contributed by atoms with E-state index in [0.717, 1.165) is 31.7 Å². The van der Waals surface area contributed by atoms with Crippen molar-refractivity contribution in [1.29, 1.82) is 0 Å². The lowest BCUT2D eigenvalue weighted by atomic mass is 9.97. The normalized spacial score (nSPS) is 27.3. The van der Waals surface area contributed by atoms with Gasteiger partial charge in [0.2, 0.25) is 0 Å². The second-order valence-corrected chi connectivity index (χ2v) is 6.66. The number of rotatable bonds is 3. The van der Waals surface area contributed by atoms with Gasteiger partial charge in [-0.05, 0) is 29.2 Å². The van der Waals surface area contributed by atoms with Gasteiger partial charge >= 0.3 is 0 Å². The molecule has 2 unspecified atom stereocenters. The van der Waals surface area contributed by atoms with Gasteiger partial charge in [-0.15, -0.1) is 0 Å². The molecule has 2 saturated heterocycles. The van der Waals surface area contributed by atoms with Gasteiger partial charge in [0.05, 0.1) is 12.7 Å². The Balaban J connectivity index is 1.42. The molecule has 2 aliphatic heterocycles. The molecule has 3 heterocycles. The number of aromatic nitrogens is 1. The summed E-state index contributed by atoms with van der Waals surface area (Å²) >= 11 is 5.86. The Morgan fingerprint density at radius 3 is 2.33 bits per heavy atom. The van der Waals surface area contributed by atoms with Crippen LogP contribution in [-0.4, -0.2) is 24.7 Å². The molecule has 0 radical (unpaired) electrons. The molecule has 2 fully saturated rings. The number of benzene rings is 1. The zero-order valence-corrected chi connectivity index (χ0v) is 14.1. The largest absolute Gasteiger partial charge is 0.371 e. The molecule has 0 saturated carbocycles. The van der Waals surface area contributed by atoms with Crippen molar-refractivity contribution in [2.45, 2.75) is 24.6 Å². The Kier molecular flexibility index (Phi) is 4.78. The van der Waals surface area contributed by atoms with Crippen LogP contribution in [0.4, 0.5) is 0 Å². The lowest BCUT2D eigenvalue weighted by Crippen LogP contribution is -2.33. The van der Waals surface area contributed by atoms with E-state index < -0.39 is 0 Å². The number of halogens is 1. The minimum absolute atomic E-state index is 0.162. The zero-order valence-electron chi connectivity index (χ0n) is 13.3. The fourth-order valence-corrected chi connectivity index (χ4v) is 3.42. The summed E-state index contributed by atoms with van der Waals surface area (Å²) in [6.45, 7) is 2.60. The Morgan fingerprint density at radius 2 is 1.67 bits per heavy atom. The molecule has 6 heteroatoms. The first-order valence-corrected chi connectivity index (χ1v) is 8.72. The van der Waals surface area contributed by atoms with E-state index in [4.69, 9.17) is 16.3 Å². The molecule has 24 heavy (non-hydrogen) atoms. The van der Waals surface area contributed by atoms with Gasteiger partial charge in [-0.3, -0.25) is 0 Å². The number of hydrogen-bond donors (Lipinski definition) is 3. The van der Waals surface area contributed by atoms with Crippen LogP contribution in [-0.2, 0) is 4.74 Å². The highest BCUT2D eigenvalue weighted by Crippen LogP contribution is 2.31. The third-order valence-electron chi connectivity index (χ3n) is 4.69. The number of nitrogens with one attached hydrogen (secondary N) is 3. The van der Waals surface area contributed by atoms with Crippen molar-refractivity contribution in [2.75, 3.05) is 19.7 Å². The topological polar surface area (TPSA) is 58.2 Å². The van der Waals surface area contributed by atoms with Gasteiger partial charge in [-0.1, -0.05) is 41.9 Å². The quantitative estimate of drug-likeness (QED) is 0.747. The van der Waals surface area contributed by atoms with E-state index in [1.807, 2.05) is 18.3 Å². The van der Waals surface area contributed by atoms with Gasteiger partial charge in [-0.2, -0.15) is 0 Å². The third-order valence-corrected chi connectivity index (χ3v) is 4.92. The van der Waals surface area contributed by atoms with E-state index in [1.54, 1.807) is 0 Å². The first-order chi connectivity index (χ1) is 11.8. The highest BCUT2D eigenvalue weighted by Gasteiger charge is 2.26. The van der Waals surface area contributed by atoms with Gasteiger partial charge < -0.3 is 10.1 Å². The van der Waals surface area contributed by atoms with E-state index in [0.29, 0.717) is 5.15 Å². The van der Waals surface area contributed by atoms with Crippen LogP contribution in [0, 0.1) is 0 Å². The molecule has 0 bridgehead atoms. The highest BCUT2D eigenvalue weighted by molar-refractivity contribution is 6.29. The maximum atomic E-state index is 5.86. The number of ether oxygens (including phenoxy) is 1. The summed E-state index contributed by atoms with van der Waals surface area (Å²) in [4.78, 5) is 4.16. The molecule has 2 aliphatic rings. The van der Waals surface area contributed by atoms with E-state index in [-0.39, 0.29) is 18.2 Å². The fraction of sp³-hybridized carbons (Fsp3) is 0.389. The summed E-state index contributed by atoms with van der Waals surface area (Å²) in [5.74, 6) is 0. The Hall–Kier alpha value is -1.50. The molecular formula is C18H21ClN4O. The molecule has 0 spiro atoms. The fourth-order valence-electron chi connectivity index (χ4n) is 3.31. The van der Waals surface area contributed by atoms with Crippen molar-refractivity contribution >= 4 is 11.6 Å². The Labute approximate surface area is 146 Å². The molecule has 3 N–H and O–H groups in total. The summed E-state index contributed by atoms with van der Waals surface area (Å²) < 4.78 is 5.81. The van der Waals surface area contributed by atoms with Crippen molar-refractivity contribution in [1.82, 2.24) is 21.2 Å². The second-order valence-electron chi connectivity index (χ2n) is 6.27. The average molecular weight is 345 g/mol. The van der Waals surface area contributed by atoms with Crippen LogP contribution >= 0.6 is 11.6 Å². The number of hydrogen-bond acceptors (Lipinski definition) is 5. The maximum Gasteiger partial charge on any atom is 0.129 e. The van der Waals surface area contributed by atoms with Crippen LogP contribution in [0.3, 0.4) is 0 Å². The van der Waals surface area contributed by atoms with Crippen molar-refractivity contribution in [3.05, 3.63) is 64.4 Å². The minimum Gasteiger partial charge on any atom is -0.371 e. The van der Waals surface area contributed by atoms with E-state index in [1.165, 1.54) is 11.1 Å². The Morgan fingerprint density at radius 1 is 0.958 bits per heavy atom. The summed E-state index contributed by atoms with van der Waals surface area (Å²) in [6.07, 6.45) is 2.97. The van der Waals surface area contributed by atoms with Crippen LogP contribution in [0.25, 0.3) is 0 Å². The number of nitrogens with zero attached hydrogens (tertiary/aromatic N) is 1. The monoisotopic (exact) mass is 344 g/mol. The molecular weight excluding hydrogens is 324 g/mol. The second kappa shape index (κ2) is 7.17. The SMILES string of the molecule is Clc1ccc(C2CC(c3ccc([C@H]4CNCCO4)cc3)NN2)cn1. The molecule has 0 amide bonds. The Bertz CT molecular complexity index is 670. The average Bonchev–Trinajstić information content (AvgIpc) is 3.13. The molecule has 0 aliphatic carbocycles. The van der Waals surface area contributed by atoms with E-state index in [2.05, 4.69) is 45.4 Å². The number of morpholine rings is 1. The molecule has 1 aromatic carbocycles. The maximum absolute atomic E-state index is 5.86. The van der Waals surface area contributed by atoms with Crippen molar-refractivity contribution in [2.24, 2.45) is 0 Å². The van der Waals surface area contributed by atoms with Crippen molar-refractivity contribution in [3.8, 4) is 0 Å². The number of pyridine rings is 1. The predicted octanol–water partition coefficient (Wildman–Crippen LogP) is 2.68. The van der Waals surface area contributed by atoms with Gasteiger partial charge in [0.1, 0.15) is 5.15 Å². The standard InChI is InChI=1S/C18H21ClN4O/c19-18-6-5-14(10-21-18)16-9-15(22-23-16)12-1-3-13(4-2-12)17-11-20-7-8-24-17/h1-6,10,15-17,20,22-23H,7-9,11H2/t15?,16?,17-/m1/s1. The summed E-state index contributed by atoms with van der Waals surface area (Å²) in [7, 11) is 0. The van der Waals surface area contributed by atoms with Crippen LogP contribution in [0.2, 0.25) is 5.15 Å².